The van der Waals surface area contributed by atoms with Crippen LogP contribution in [0.15, 0.2) is 53.7 Å². The molecule has 31 heavy (non-hydrogen) atoms. The third-order valence-electron chi connectivity index (χ3n) is 4.88. The van der Waals surface area contributed by atoms with Crippen LogP contribution in [0.5, 0.6) is 6.01 Å². The maximum Gasteiger partial charge on any atom is 0.320 e. The Morgan fingerprint density at radius 2 is 2.03 bits per heavy atom. The van der Waals surface area contributed by atoms with E-state index in [0.717, 1.165) is 11.3 Å². The molecule has 1 saturated heterocycles. The Bertz CT molecular complexity index is 1040. The summed E-state index contributed by atoms with van der Waals surface area (Å²) in [7, 11) is 0. The number of nitrogen functional groups attached to an aromatic ring is 1. The lowest BCUT2D eigenvalue weighted by atomic mass is 10.1. The Kier molecular flexibility index (Phi) is 6.68. The molecule has 1 fully saturated rings. The van der Waals surface area contributed by atoms with Gasteiger partial charge in [0.1, 0.15) is 5.69 Å². The summed E-state index contributed by atoms with van der Waals surface area (Å²) in [6, 6.07) is 14.1. The summed E-state index contributed by atoms with van der Waals surface area (Å²) in [6.45, 7) is 5.12. The van der Waals surface area contributed by atoms with Crippen LogP contribution < -0.4 is 15.4 Å². The molecule has 3 aromatic rings. The second-order valence-corrected chi connectivity index (χ2v) is 7.25. The van der Waals surface area contributed by atoms with Gasteiger partial charge in [0, 0.05) is 37.6 Å². The van der Waals surface area contributed by atoms with Crippen molar-refractivity contribution in [2.24, 2.45) is 4.99 Å². The molecule has 0 atom stereocenters. The van der Waals surface area contributed by atoms with Gasteiger partial charge in [-0.15, -0.1) is 0 Å². The zero-order chi connectivity index (χ0) is 21.5. The average molecular weight is 419 g/mol. The van der Waals surface area contributed by atoms with Crippen LogP contribution >= 0.6 is 0 Å². The molecule has 0 radical (unpaired) electrons. The van der Waals surface area contributed by atoms with Crippen molar-refractivity contribution in [1.82, 2.24) is 15.0 Å². The Morgan fingerprint density at radius 3 is 2.81 bits per heavy atom. The molecule has 1 aromatic carbocycles. The number of aliphatic imine (C=N–C) groups is 1. The first-order valence-corrected chi connectivity index (χ1v) is 10.3. The Morgan fingerprint density at radius 1 is 1.16 bits per heavy atom. The molecule has 0 amide bonds. The van der Waals surface area contributed by atoms with Crippen molar-refractivity contribution in [3.63, 3.8) is 0 Å². The number of nitrogens with zero attached hydrogens (tertiary/aromatic N) is 5. The lowest BCUT2D eigenvalue weighted by Crippen LogP contribution is -2.37. The number of morpholine rings is 1. The van der Waals surface area contributed by atoms with Crippen molar-refractivity contribution < 1.29 is 9.47 Å². The van der Waals surface area contributed by atoms with Crippen LogP contribution in [0, 0.1) is 6.92 Å². The van der Waals surface area contributed by atoms with E-state index in [4.69, 9.17) is 15.2 Å². The summed E-state index contributed by atoms with van der Waals surface area (Å²) >= 11 is 0. The number of hydrogen-bond donors (Lipinski definition) is 1. The summed E-state index contributed by atoms with van der Waals surface area (Å²) in [5.41, 5.74) is 9.93. The fourth-order valence-corrected chi connectivity index (χ4v) is 3.31. The maximum atomic E-state index is 6.29. The summed E-state index contributed by atoms with van der Waals surface area (Å²) in [6.07, 6.45) is 4.21. The predicted molar refractivity (Wildman–Crippen MR) is 121 cm³/mol. The second-order valence-electron chi connectivity index (χ2n) is 7.25. The standard InChI is InChI=1S/C23H26N6O2/c1-17-5-4-6-18(15-17)16-26-20-21(24)27-23(28-22(20)29-10-13-30-14-11-29)31-12-8-19-7-2-3-9-25-19/h2-7,9,15-16H,8,10-14H2,1H3,(H2,24,27,28)/b26-16+. The molecule has 8 nitrogen and oxygen atoms in total. The van der Waals surface area contributed by atoms with Crippen molar-refractivity contribution >= 4 is 23.5 Å². The van der Waals surface area contributed by atoms with E-state index < -0.39 is 0 Å². The monoisotopic (exact) mass is 418 g/mol. The number of anilines is 2. The molecule has 160 valence electrons. The van der Waals surface area contributed by atoms with Gasteiger partial charge in [-0.05, 0) is 24.6 Å². The first-order valence-electron chi connectivity index (χ1n) is 10.3. The topological polar surface area (TPSA) is 98.8 Å². The molecule has 8 heteroatoms. The summed E-state index contributed by atoms with van der Waals surface area (Å²) in [4.78, 5) is 20.0. The largest absolute Gasteiger partial charge is 0.463 e. The zero-order valence-electron chi connectivity index (χ0n) is 17.6. The zero-order valence-corrected chi connectivity index (χ0v) is 17.6. The van der Waals surface area contributed by atoms with Gasteiger partial charge in [0.15, 0.2) is 11.6 Å². The Labute approximate surface area is 181 Å². The number of aryl methyl sites for hydroxylation is 1. The third-order valence-corrected chi connectivity index (χ3v) is 4.88. The first kappa shape index (κ1) is 20.7. The first-order chi connectivity index (χ1) is 15.2. The third kappa shape index (κ3) is 5.55. The minimum absolute atomic E-state index is 0.240. The van der Waals surface area contributed by atoms with Crippen molar-refractivity contribution in [2.75, 3.05) is 43.5 Å². The average Bonchev–Trinajstić information content (AvgIpc) is 2.79. The molecule has 0 spiro atoms. The SMILES string of the molecule is Cc1cccc(/C=N/c2c(N)nc(OCCc3ccccn3)nc2N2CCOCC2)c1. The van der Waals surface area contributed by atoms with Crippen LogP contribution in [0.2, 0.25) is 0 Å². The van der Waals surface area contributed by atoms with Crippen LogP contribution in [0.3, 0.4) is 0 Å². The normalized spacial score (nSPS) is 14.2. The fraction of sp³-hybridized carbons (Fsp3) is 0.304. The number of hydrogen-bond acceptors (Lipinski definition) is 8. The Hall–Kier alpha value is -3.52. The number of benzene rings is 1. The minimum Gasteiger partial charge on any atom is -0.463 e. The highest BCUT2D eigenvalue weighted by atomic mass is 16.5. The van der Waals surface area contributed by atoms with E-state index in [1.54, 1.807) is 12.4 Å². The summed E-state index contributed by atoms with van der Waals surface area (Å²) in [5, 5.41) is 0. The Balaban J connectivity index is 1.57. The number of ether oxygens (including phenoxy) is 2. The van der Waals surface area contributed by atoms with Crippen molar-refractivity contribution in [3.05, 3.63) is 65.5 Å². The van der Waals surface area contributed by atoms with E-state index >= 15 is 0 Å². The highest BCUT2D eigenvalue weighted by Crippen LogP contribution is 2.33. The van der Waals surface area contributed by atoms with E-state index in [2.05, 4.69) is 30.9 Å². The molecule has 4 rings (SSSR count). The molecular formula is C23H26N6O2. The smallest absolute Gasteiger partial charge is 0.320 e. The molecule has 0 aliphatic carbocycles. The van der Waals surface area contributed by atoms with E-state index in [0.29, 0.717) is 50.8 Å². The number of aromatic nitrogens is 3. The van der Waals surface area contributed by atoms with Gasteiger partial charge >= 0.3 is 6.01 Å². The summed E-state index contributed by atoms with van der Waals surface area (Å²) in [5.74, 6) is 0.945. The fourth-order valence-electron chi connectivity index (χ4n) is 3.31. The second kappa shape index (κ2) is 9.99. The molecule has 1 aliphatic heterocycles. The van der Waals surface area contributed by atoms with Crippen LogP contribution in [0.25, 0.3) is 0 Å². The van der Waals surface area contributed by atoms with Gasteiger partial charge in [-0.2, -0.15) is 9.97 Å². The molecule has 2 N–H and O–H groups in total. The van der Waals surface area contributed by atoms with Crippen LogP contribution in [0.4, 0.5) is 17.3 Å². The molecule has 0 unspecified atom stereocenters. The van der Waals surface area contributed by atoms with E-state index in [9.17, 15) is 0 Å². The van der Waals surface area contributed by atoms with Gasteiger partial charge in [0.05, 0.1) is 19.8 Å². The predicted octanol–water partition coefficient (Wildman–Crippen LogP) is 2.97. The minimum atomic E-state index is 0.240. The van der Waals surface area contributed by atoms with Gasteiger partial charge in [0.2, 0.25) is 0 Å². The lowest BCUT2D eigenvalue weighted by molar-refractivity contribution is 0.122. The van der Waals surface area contributed by atoms with Gasteiger partial charge in [-0.1, -0.05) is 35.9 Å². The van der Waals surface area contributed by atoms with Crippen LogP contribution in [-0.2, 0) is 11.2 Å². The molecular weight excluding hydrogens is 392 g/mol. The molecule has 0 saturated carbocycles. The van der Waals surface area contributed by atoms with Crippen molar-refractivity contribution in [3.8, 4) is 6.01 Å². The molecule has 0 bridgehead atoms. The number of nitrogens with two attached hydrogens (primary N) is 1. The maximum absolute atomic E-state index is 6.29. The quantitative estimate of drug-likeness (QED) is 0.589. The highest BCUT2D eigenvalue weighted by molar-refractivity contribution is 5.86. The van der Waals surface area contributed by atoms with Crippen LogP contribution in [-0.4, -0.2) is 54.1 Å². The van der Waals surface area contributed by atoms with Crippen LogP contribution in [0.1, 0.15) is 16.8 Å². The molecule has 2 aromatic heterocycles. The van der Waals surface area contributed by atoms with E-state index in [-0.39, 0.29) is 11.8 Å². The van der Waals surface area contributed by atoms with Gasteiger partial charge in [-0.3, -0.25) is 4.98 Å². The van der Waals surface area contributed by atoms with Crippen molar-refractivity contribution in [1.29, 1.82) is 0 Å². The van der Waals surface area contributed by atoms with Gasteiger partial charge < -0.3 is 20.1 Å². The van der Waals surface area contributed by atoms with E-state index in [1.165, 1.54) is 5.56 Å². The number of rotatable bonds is 7. The van der Waals surface area contributed by atoms with Gasteiger partial charge in [0.25, 0.3) is 0 Å². The number of pyridine rings is 1. The van der Waals surface area contributed by atoms with Crippen molar-refractivity contribution in [2.45, 2.75) is 13.3 Å². The molecule has 1 aliphatic rings. The lowest BCUT2D eigenvalue weighted by Gasteiger charge is -2.29. The van der Waals surface area contributed by atoms with Gasteiger partial charge in [-0.25, -0.2) is 4.99 Å². The molecule has 3 heterocycles. The highest BCUT2D eigenvalue weighted by Gasteiger charge is 2.21. The van der Waals surface area contributed by atoms with E-state index in [1.807, 2.05) is 43.3 Å². The summed E-state index contributed by atoms with van der Waals surface area (Å²) < 4.78 is 11.3.